The molecule has 0 spiro atoms. The summed E-state index contributed by atoms with van der Waals surface area (Å²) < 4.78 is 18.0. The van der Waals surface area contributed by atoms with Gasteiger partial charge in [0, 0.05) is 35.4 Å². The van der Waals surface area contributed by atoms with Crippen LogP contribution in [0.3, 0.4) is 0 Å². The molecule has 0 saturated heterocycles. The van der Waals surface area contributed by atoms with Crippen molar-refractivity contribution in [1.82, 2.24) is 4.90 Å². The molecular weight excluding hydrogens is 798 g/mol. The molecule has 0 aliphatic heterocycles. The second-order valence-corrected chi connectivity index (χ2v) is 25.1. The monoisotopic (exact) mass is 878 g/mol. The van der Waals surface area contributed by atoms with Crippen LogP contribution in [-0.2, 0) is 35.1 Å². The first kappa shape index (κ1) is 48.6. The van der Waals surface area contributed by atoms with E-state index in [1.54, 1.807) is 13.8 Å². The normalized spacial score (nSPS) is 33.2. The van der Waals surface area contributed by atoms with E-state index in [9.17, 15) is 19.2 Å². The largest absolute Gasteiger partial charge is 0.462 e. The number of fused-ring (bicyclic) bond motifs is 7. The van der Waals surface area contributed by atoms with Crippen LogP contribution in [0.4, 0.5) is 4.79 Å². The molecule has 0 aromatic heterocycles. The zero-order chi connectivity index (χ0) is 46.2. The Hall–Kier alpha value is -2.87. The zero-order valence-corrected chi connectivity index (χ0v) is 41.8. The Labute approximate surface area is 379 Å². The van der Waals surface area contributed by atoms with Crippen LogP contribution in [0.5, 0.6) is 0 Å². The summed E-state index contributed by atoms with van der Waals surface area (Å²) in [6.45, 7) is 32.4. The molecule has 0 heterocycles. The van der Waals surface area contributed by atoms with Crippen molar-refractivity contribution in [2.45, 2.75) is 198 Å². The average Bonchev–Trinajstić information content (AvgIpc) is 3.43. The van der Waals surface area contributed by atoms with Gasteiger partial charge in [-0.15, -0.1) is 0 Å². The molecular formula is C53H80ClNO7. The van der Waals surface area contributed by atoms with Gasteiger partial charge in [-0.05, 0) is 176 Å². The minimum absolute atomic E-state index is 0.00233. The zero-order valence-electron chi connectivity index (χ0n) is 41.1. The minimum Gasteiger partial charge on any atom is -0.462 e. The van der Waals surface area contributed by atoms with E-state index in [0.29, 0.717) is 48.1 Å². The summed E-state index contributed by atoms with van der Waals surface area (Å²) in [5.41, 5.74) is 0.808. The number of amides is 1. The second-order valence-electron chi connectivity index (χ2n) is 24.7. The third-order valence-corrected chi connectivity index (χ3v) is 17.4. The highest BCUT2D eigenvalue weighted by Gasteiger charge is 2.70. The molecule has 1 amide bonds. The topological polar surface area (TPSA) is 99.2 Å². The highest BCUT2D eigenvalue weighted by molar-refractivity contribution is 6.30. The Morgan fingerprint density at radius 3 is 2.02 bits per heavy atom. The molecule has 1 aromatic carbocycles. The Balaban J connectivity index is 1.25. The van der Waals surface area contributed by atoms with Crippen LogP contribution in [0.25, 0.3) is 0 Å². The number of carbonyl (C=O) groups is 4. The van der Waals surface area contributed by atoms with Crippen molar-refractivity contribution in [1.29, 1.82) is 0 Å². The van der Waals surface area contributed by atoms with E-state index in [0.717, 1.165) is 68.9 Å². The van der Waals surface area contributed by atoms with Crippen LogP contribution in [0, 0.1) is 56.2 Å². The fourth-order valence-electron chi connectivity index (χ4n) is 14.0. The molecule has 6 rings (SSSR count). The number of carbonyl (C=O) groups excluding carboxylic acids is 4. The maximum absolute atomic E-state index is 14.4. The molecule has 8 unspecified atom stereocenters. The van der Waals surface area contributed by atoms with Crippen LogP contribution in [0.2, 0.25) is 5.02 Å². The van der Waals surface area contributed by atoms with E-state index in [-0.39, 0.29) is 63.5 Å². The molecule has 4 saturated carbocycles. The first-order chi connectivity index (χ1) is 28.4. The summed E-state index contributed by atoms with van der Waals surface area (Å²) in [6.07, 6.45) is 8.77. The Morgan fingerprint density at radius 1 is 0.790 bits per heavy atom. The molecule has 8 atom stereocenters. The van der Waals surface area contributed by atoms with Crippen molar-refractivity contribution in [2.24, 2.45) is 56.2 Å². The SMILES string of the molecule is CC(C)C1=C2C3CCC4C5(C)CCC(OC(=O)CC(C)(C)C(=O)OC(C)(C)C)C(C)(C)C5CCC4(C)C3(C)CCC2(CCN(Cc2ccc(Cl)cc2)C(=O)OC(C)(C)C)CC1=O. The molecule has 62 heavy (non-hydrogen) atoms. The lowest BCUT2D eigenvalue weighted by Crippen LogP contribution is -2.65. The lowest BCUT2D eigenvalue weighted by molar-refractivity contribution is -0.233. The second kappa shape index (κ2) is 16.5. The maximum Gasteiger partial charge on any atom is 0.410 e. The van der Waals surface area contributed by atoms with Crippen LogP contribution >= 0.6 is 11.6 Å². The van der Waals surface area contributed by atoms with Gasteiger partial charge in [0.25, 0.3) is 0 Å². The first-order valence-corrected chi connectivity index (χ1v) is 24.2. The van der Waals surface area contributed by atoms with Crippen LogP contribution in [0.15, 0.2) is 35.4 Å². The van der Waals surface area contributed by atoms with Gasteiger partial charge < -0.3 is 19.1 Å². The van der Waals surface area contributed by atoms with Gasteiger partial charge in [0.05, 0.1) is 11.8 Å². The number of nitrogens with zero attached hydrogens (tertiary/aromatic N) is 1. The number of ether oxygens (including phenoxy) is 3. The van der Waals surface area contributed by atoms with Gasteiger partial charge >= 0.3 is 18.0 Å². The minimum atomic E-state index is -0.986. The van der Waals surface area contributed by atoms with Gasteiger partial charge in [-0.1, -0.05) is 77.8 Å². The predicted octanol–water partition coefficient (Wildman–Crippen LogP) is 13.1. The number of rotatable bonds is 10. The molecule has 8 nitrogen and oxygen atoms in total. The van der Waals surface area contributed by atoms with Gasteiger partial charge in [-0.25, -0.2) is 4.79 Å². The van der Waals surface area contributed by atoms with Crippen LogP contribution < -0.4 is 0 Å². The third kappa shape index (κ3) is 8.91. The van der Waals surface area contributed by atoms with E-state index in [4.69, 9.17) is 25.8 Å². The molecule has 0 N–H and O–H groups in total. The maximum atomic E-state index is 14.4. The summed E-state index contributed by atoms with van der Waals surface area (Å²) in [4.78, 5) is 56.7. The van der Waals surface area contributed by atoms with Crippen molar-refractivity contribution >= 4 is 35.4 Å². The van der Waals surface area contributed by atoms with Crippen LogP contribution in [-0.4, -0.2) is 52.6 Å². The lowest BCUT2D eigenvalue weighted by Gasteiger charge is -2.72. The number of esters is 2. The number of ketones is 1. The van der Waals surface area contributed by atoms with Crippen LogP contribution in [0.1, 0.15) is 180 Å². The Kier molecular flexibility index (Phi) is 13.0. The van der Waals surface area contributed by atoms with Gasteiger partial charge in [0.1, 0.15) is 17.3 Å². The van der Waals surface area contributed by atoms with Crippen molar-refractivity contribution in [2.75, 3.05) is 6.54 Å². The quantitative estimate of drug-likeness (QED) is 0.170. The Morgan fingerprint density at radius 2 is 1.42 bits per heavy atom. The molecule has 9 heteroatoms. The van der Waals surface area contributed by atoms with Crippen molar-refractivity contribution < 1.29 is 33.4 Å². The lowest BCUT2D eigenvalue weighted by atomic mass is 9.33. The highest BCUT2D eigenvalue weighted by atomic mass is 35.5. The van der Waals surface area contributed by atoms with Crippen molar-refractivity contribution in [3.63, 3.8) is 0 Å². The summed E-state index contributed by atoms with van der Waals surface area (Å²) >= 11 is 6.24. The van der Waals surface area contributed by atoms with E-state index >= 15 is 0 Å². The van der Waals surface area contributed by atoms with Crippen molar-refractivity contribution in [3.05, 3.63) is 46.0 Å². The summed E-state index contributed by atoms with van der Waals surface area (Å²) in [6, 6.07) is 7.66. The summed E-state index contributed by atoms with van der Waals surface area (Å²) in [7, 11) is 0. The molecule has 0 bridgehead atoms. The fraction of sp³-hybridized carbons (Fsp3) is 0.774. The van der Waals surface area contributed by atoms with Gasteiger partial charge in [0.15, 0.2) is 5.78 Å². The van der Waals surface area contributed by atoms with Gasteiger partial charge in [-0.2, -0.15) is 0 Å². The Bertz CT molecular complexity index is 1930. The van der Waals surface area contributed by atoms with E-state index in [1.165, 1.54) is 5.57 Å². The molecule has 1 aromatic rings. The number of benzene rings is 1. The number of hydrogen-bond acceptors (Lipinski definition) is 7. The number of Topliss-reactive ketones (excluding diaryl/α,β-unsaturated/α-hetero) is 1. The van der Waals surface area contributed by atoms with Crippen molar-refractivity contribution in [3.8, 4) is 0 Å². The van der Waals surface area contributed by atoms with E-state index < -0.39 is 16.6 Å². The number of allylic oxidation sites excluding steroid dienone is 2. The fourth-order valence-corrected chi connectivity index (χ4v) is 14.1. The molecule has 4 fully saturated rings. The molecule has 346 valence electrons. The highest BCUT2D eigenvalue weighted by Crippen LogP contribution is 2.77. The van der Waals surface area contributed by atoms with Gasteiger partial charge in [0.2, 0.25) is 0 Å². The summed E-state index contributed by atoms with van der Waals surface area (Å²) in [5.74, 6) is 0.875. The molecule has 0 radical (unpaired) electrons. The molecule has 5 aliphatic rings. The predicted molar refractivity (Wildman–Crippen MR) is 246 cm³/mol. The average molecular weight is 879 g/mol. The number of halogens is 1. The van der Waals surface area contributed by atoms with E-state index in [2.05, 4.69) is 48.5 Å². The van der Waals surface area contributed by atoms with E-state index in [1.807, 2.05) is 70.7 Å². The standard InChI is InChI=1S/C53H80ClNO7/c1-33(2)42-37(56)30-53(28-29-55(45(59)62-47(6,7)8)32-34-16-18-35(54)19-17-34)27-26-51(14)36(43(42)53)20-21-39-50(13)24-23-40(49(11,12)38(50)22-25-52(39,51)15)60-41(57)31-48(9,10)44(58)61-46(3,4)5/h16-19,33,36,38-40H,20-32H2,1-15H3. The third-order valence-electron chi connectivity index (χ3n) is 17.1. The first-order valence-electron chi connectivity index (χ1n) is 23.8. The summed E-state index contributed by atoms with van der Waals surface area (Å²) in [5, 5.41) is 0.656. The smallest absolute Gasteiger partial charge is 0.410 e. The molecule has 5 aliphatic carbocycles. The number of hydrogen-bond donors (Lipinski definition) is 0. The van der Waals surface area contributed by atoms with Gasteiger partial charge in [-0.3, -0.25) is 14.4 Å².